The van der Waals surface area contributed by atoms with Crippen molar-refractivity contribution in [1.82, 2.24) is 16.0 Å². The standard InChI is InChI=1S/C41H48N3O9P/c1-30(2)25-36(40(47)44-37(41(48)49)26-32-17-9-4-10-18-32)43-39(46)35(24-23-31-15-7-3-8-16-31)42-38(45)29-53-54(50,51-27-33-19-11-5-12-20-33)52-28-34-21-13-6-14-22-34/h3-22,30,35-37H,23-29H2,1-2H3,(H,42,45)(H,43,46)(H,44,47)(H,48,49)/t35-,36-,37-/m0/s1. The van der Waals surface area contributed by atoms with E-state index in [0.717, 1.165) is 11.1 Å². The van der Waals surface area contributed by atoms with E-state index in [1.807, 2.05) is 62.4 Å². The zero-order valence-electron chi connectivity index (χ0n) is 30.5. The lowest BCUT2D eigenvalue weighted by Crippen LogP contribution is -2.56. The van der Waals surface area contributed by atoms with Gasteiger partial charge < -0.3 is 21.1 Å². The van der Waals surface area contributed by atoms with E-state index < -0.39 is 56.2 Å². The van der Waals surface area contributed by atoms with Crippen molar-refractivity contribution < 1.29 is 42.4 Å². The molecule has 0 aliphatic rings. The topological polar surface area (TPSA) is 169 Å². The molecule has 12 nitrogen and oxygen atoms in total. The molecule has 4 aromatic rings. The molecule has 3 amide bonds. The summed E-state index contributed by atoms with van der Waals surface area (Å²) < 4.78 is 30.5. The SMILES string of the molecule is CC(C)C[C@H](NC(=O)[C@H](CCc1ccccc1)NC(=O)COP(=O)(OCc1ccccc1)OCc1ccccc1)C(=O)N[C@@H](Cc1ccccc1)C(=O)O. The van der Waals surface area contributed by atoms with Crippen molar-refractivity contribution in [2.24, 2.45) is 5.92 Å². The fraction of sp³-hybridized carbons (Fsp3) is 0.317. The molecule has 0 aliphatic carbocycles. The fourth-order valence-electron chi connectivity index (χ4n) is 5.46. The summed E-state index contributed by atoms with van der Waals surface area (Å²) in [5.41, 5.74) is 3.06. The fourth-order valence-corrected chi connectivity index (χ4v) is 6.58. The first-order chi connectivity index (χ1) is 26.0. The van der Waals surface area contributed by atoms with Gasteiger partial charge in [-0.15, -0.1) is 0 Å². The summed E-state index contributed by atoms with van der Waals surface area (Å²) in [4.78, 5) is 52.9. The van der Waals surface area contributed by atoms with Crippen LogP contribution in [0, 0.1) is 5.92 Å². The number of aliphatic carboxylic acids is 1. The van der Waals surface area contributed by atoms with E-state index >= 15 is 0 Å². The molecule has 0 saturated heterocycles. The first-order valence-corrected chi connectivity index (χ1v) is 19.3. The van der Waals surface area contributed by atoms with Crippen LogP contribution in [0.15, 0.2) is 121 Å². The predicted octanol–water partition coefficient (Wildman–Crippen LogP) is 6.01. The molecule has 54 heavy (non-hydrogen) atoms. The second kappa shape index (κ2) is 21.5. The number of hydrogen-bond acceptors (Lipinski definition) is 8. The summed E-state index contributed by atoms with van der Waals surface area (Å²) in [5, 5.41) is 17.9. The summed E-state index contributed by atoms with van der Waals surface area (Å²) in [6.07, 6.45) is 0.806. The van der Waals surface area contributed by atoms with Crippen molar-refractivity contribution in [1.29, 1.82) is 0 Å². The number of rotatable bonds is 22. The van der Waals surface area contributed by atoms with Gasteiger partial charge in [-0.25, -0.2) is 9.36 Å². The van der Waals surface area contributed by atoms with Gasteiger partial charge in [-0.05, 0) is 47.4 Å². The highest BCUT2D eigenvalue weighted by Crippen LogP contribution is 2.50. The molecule has 0 unspecified atom stereocenters. The van der Waals surface area contributed by atoms with Crippen molar-refractivity contribution in [3.63, 3.8) is 0 Å². The highest BCUT2D eigenvalue weighted by molar-refractivity contribution is 7.48. The van der Waals surface area contributed by atoms with Crippen LogP contribution in [-0.2, 0) is 63.4 Å². The Morgan fingerprint density at radius 2 is 1.04 bits per heavy atom. The Morgan fingerprint density at radius 1 is 0.593 bits per heavy atom. The van der Waals surface area contributed by atoms with Crippen LogP contribution in [0.25, 0.3) is 0 Å². The molecule has 4 N–H and O–H groups in total. The van der Waals surface area contributed by atoms with Crippen LogP contribution in [0.3, 0.4) is 0 Å². The van der Waals surface area contributed by atoms with Gasteiger partial charge in [0.25, 0.3) is 0 Å². The van der Waals surface area contributed by atoms with Gasteiger partial charge in [0.15, 0.2) is 0 Å². The molecular weight excluding hydrogens is 709 g/mol. The van der Waals surface area contributed by atoms with Crippen LogP contribution in [-0.4, -0.2) is 53.5 Å². The molecule has 3 atom stereocenters. The summed E-state index contributed by atoms with van der Waals surface area (Å²) in [7, 11) is -4.30. The van der Waals surface area contributed by atoms with Gasteiger partial charge in [0.05, 0.1) is 13.2 Å². The van der Waals surface area contributed by atoms with Crippen LogP contribution >= 0.6 is 7.82 Å². The maximum Gasteiger partial charge on any atom is 0.475 e. The molecule has 0 aliphatic heterocycles. The molecular formula is C41H48N3O9P. The number of carbonyl (C=O) groups is 4. The Balaban J connectivity index is 1.46. The lowest BCUT2D eigenvalue weighted by atomic mass is 10.00. The van der Waals surface area contributed by atoms with Crippen molar-refractivity contribution in [2.75, 3.05) is 6.61 Å². The first kappa shape index (κ1) is 41.6. The van der Waals surface area contributed by atoms with E-state index in [2.05, 4.69) is 16.0 Å². The van der Waals surface area contributed by atoms with Gasteiger partial charge in [-0.2, -0.15) is 0 Å². The maximum absolute atomic E-state index is 13.9. The molecule has 4 aromatic carbocycles. The number of carbonyl (C=O) groups excluding carboxylic acids is 3. The minimum Gasteiger partial charge on any atom is -0.480 e. The lowest BCUT2D eigenvalue weighted by molar-refractivity contribution is -0.142. The third-order valence-corrected chi connectivity index (χ3v) is 9.61. The summed E-state index contributed by atoms with van der Waals surface area (Å²) >= 11 is 0. The average molecular weight is 758 g/mol. The number of phosphoric acid groups is 1. The first-order valence-electron chi connectivity index (χ1n) is 17.8. The van der Waals surface area contributed by atoms with E-state index in [1.54, 1.807) is 72.8 Å². The van der Waals surface area contributed by atoms with Crippen molar-refractivity contribution in [2.45, 2.75) is 70.9 Å². The zero-order chi connectivity index (χ0) is 38.8. The molecule has 0 radical (unpaired) electrons. The van der Waals surface area contributed by atoms with Crippen molar-refractivity contribution in [3.05, 3.63) is 144 Å². The smallest absolute Gasteiger partial charge is 0.475 e. The monoisotopic (exact) mass is 757 g/mol. The average Bonchev–Trinajstić information content (AvgIpc) is 3.18. The molecule has 4 rings (SSSR count). The van der Waals surface area contributed by atoms with Crippen LogP contribution in [0.5, 0.6) is 0 Å². The van der Waals surface area contributed by atoms with Crippen molar-refractivity contribution >= 4 is 31.5 Å². The Labute approximate surface area is 316 Å². The van der Waals surface area contributed by atoms with E-state index in [4.69, 9.17) is 13.6 Å². The van der Waals surface area contributed by atoms with E-state index in [1.165, 1.54) is 0 Å². The Morgan fingerprint density at radius 3 is 1.52 bits per heavy atom. The molecule has 13 heteroatoms. The van der Waals surface area contributed by atoms with Crippen LogP contribution in [0.2, 0.25) is 0 Å². The number of carboxylic acids is 1. The Hall–Kier alpha value is -5.13. The van der Waals surface area contributed by atoms with Gasteiger partial charge in [0.2, 0.25) is 17.7 Å². The molecule has 0 saturated carbocycles. The second-order valence-electron chi connectivity index (χ2n) is 13.2. The minimum absolute atomic E-state index is 0.0496. The number of nitrogens with one attached hydrogen (secondary N) is 3. The van der Waals surface area contributed by atoms with E-state index in [0.29, 0.717) is 17.5 Å². The number of hydrogen-bond donors (Lipinski definition) is 4. The van der Waals surface area contributed by atoms with Crippen LogP contribution in [0.4, 0.5) is 0 Å². The Kier molecular flexibility index (Phi) is 16.6. The van der Waals surface area contributed by atoms with Crippen LogP contribution < -0.4 is 16.0 Å². The normalized spacial score (nSPS) is 13.0. The van der Waals surface area contributed by atoms with Gasteiger partial charge in [0.1, 0.15) is 24.7 Å². The zero-order valence-corrected chi connectivity index (χ0v) is 31.4. The molecule has 0 spiro atoms. The molecule has 0 bridgehead atoms. The summed E-state index contributed by atoms with van der Waals surface area (Å²) in [6, 6.07) is 32.8. The lowest BCUT2D eigenvalue weighted by Gasteiger charge is -2.26. The molecule has 0 aromatic heterocycles. The number of aryl methyl sites for hydroxylation is 1. The van der Waals surface area contributed by atoms with Gasteiger partial charge in [-0.1, -0.05) is 135 Å². The largest absolute Gasteiger partial charge is 0.480 e. The van der Waals surface area contributed by atoms with E-state index in [9.17, 15) is 28.8 Å². The van der Waals surface area contributed by atoms with Gasteiger partial charge in [-0.3, -0.25) is 28.0 Å². The number of phosphoric ester groups is 1. The third-order valence-electron chi connectivity index (χ3n) is 8.27. The summed E-state index contributed by atoms with van der Waals surface area (Å²) in [5.74, 6) is -3.35. The van der Waals surface area contributed by atoms with E-state index in [-0.39, 0.29) is 38.4 Å². The van der Waals surface area contributed by atoms with Crippen molar-refractivity contribution in [3.8, 4) is 0 Å². The van der Waals surface area contributed by atoms with Gasteiger partial charge >= 0.3 is 13.8 Å². The Bertz CT molecular complexity index is 1770. The molecule has 0 fully saturated rings. The van der Waals surface area contributed by atoms with Crippen LogP contribution in [0.1, 0.15) is 48.9 Å². The number of amides is 3. The predicted molar refractivity (Wildman–Crippen MR) is 204 cm³/mol. The highest BCUT2D eigenvalue weighted by Gasteiger charge is 2.32. The maximum atomic E-state index is 13.9. The minimum atomic E-state index is -4.30. The van der Waals surface area contributed by atoms with Gasteiger partial charge in [0, 0.05) is 6.42 Å². The second-order valence-corrected chi connectivity index (χ2v) is 14.8. The quantitative estimate of drug-likeness (QED) is 0.0703. The number of benzene rings is 4. The molecule has 0 heterocycles. The molecule has 286 valence electrons. The third kappa shape index (κ3) is 14.7. The number of carboxylic acid groups (broad SMARTS) is 1. The highest BCUT2D eigenvalue weighted by atomic mass is 31.2. The summed E-state index contributed by atoms with van der Waals surface area (Å²) in [6.45, 7) is 2.77.